The van der Waals surface area contributed by atoms with Crippen LogP contribution >= 0.6 is 11.6 Å². The third-order valence-electron chi connectivity index (χ3n) is 3.66. The lowest BCUT2D eigenvalue weighted by molar-refractivity contribution is -0.384. The molecule has 1 aliphatic heterocycles. The van der Waals surface area contributed by atoms with Crippen LogP contribution in [0.3, 0.4) is 0 Å². The van der Waals surface area contributed by atoms with Gasteiger partial charge in [0.25, 0.3) is 5.69 Å². The molecule has 0 saturated carbocycles. The Morgan fingerprint density at radius 3 is 2.68 bits per heavy atom. The van der Waals surface area contributed by atoms with Crippen molar-refractivity contribution in [2.45, 2.75) is 6.42 Å². The van der Waals surface area contributed by atoms with Gasteiger partial charge in [-0.3, -0.25) is 24.6 Å². The van der Waals surface area contributed by atoms with Gasteiger partial charge in [0.05, 0.1) is 28.8 Å². The van der Waals surface area contributed by atoms with Crippen molar-refractivity contribution in [2.75, 3.05) is 44.7 Å². The molecule has 1 aliphatic rings. The van der Waals surface area contributed by atoms with Gasteiger partial charge in [0, 0.05) is 31.8 Å². The smallest absolute Gasteiger partial charge is 0.313 e. The molecule has 2 amide bonds. The quantitative estimate of drug-likeness (QED) is 0.334. The Hall–Kier alpha value is -2.23. The van der Waals surface area contributed by atoms with Crippen LogP contribution in [0.2, 0.25) is 5.02 Å². The Bertz CT molecular complexity index is 649. The van der Waals surface area contributed by atoms with Crippen LogP contribution in [0.25, 0.3) is 0 Å². The standard InChI is InChI=1S/C15H19ClN4O5/c16-12-3-2-11(20(23)24)10-13(12)18-15(22)14(21)17-4-1-5-19-6-8-25-9-7-19/h2-3,10H,1,4-9H2,(H,17,21)(H,18,22). The molecule has 2 N–H and O–H groups in total. The molecular weight excluding hydrogens is 352 g/mol. The Morgan fingerprint density at radius 2 is 2.00 bits per heavy atom. The summed E-state index contributed by atoms with van der Waals surface area (Å²) >= 11 is 5.88. The average molecular weight is 371 g/mol. The molecule has 0 bridgehead atoms. The van der Waals surface area contributed by atoms with Crippen molar-refractivity contribution in [3.63, 3.8) is 0 Å². The van der Waals surface area contributed by atoms with Crippen LogP contribution in [0.15, 0.2) is 18.2 Å². The molecule has 1 heterocycles. The van der Waals surface area contributed by atoms with Crippen LogP contribution in [0.5, 0.6) is 0 Å². The molecule has 9 nitrogen and oxygen atoms in total. The highest BCUT2D eigenvalue weighted by Gasteiger charge is 2.17. The number of carbonyl (C=O) groups is 2. The minimum Gasteiger partial charge on any atom is -0.379 e. The van der Waals surface area contributed by atoms with Crippen LogP contribution in [-0.2, 0) is 14.3 Å². The summed E-state index contributed by atoms with van der Waals surface area (Å²) in [5, 5.41) is 15.7. The fourth-order valence-corrected chi connectivity index (χ4v) is 2.48. The number of benzene rings is 1. The number of ether oxygens (including phenoxy) is 1. The maximum Gasteiger partial charge on any atom is 0.313 e. The fourth-order valence-electron chi connectivity index (χ4n) is 2.31. The number of amides is 2. The molecule has 0 aliphatic carbocycles. The van der Waals surface area contributed by atoms with Gasteiger partial charge in [-0.25, -0.2) is 0 Å². The van der Waals surface area contributed by atoms with E-state index < -0.39 is 16.7 Å². The molecule has 0 radical (unpaired) electrons. The largest absolute Gasteiger partial charge is 0.379 e. The van der Waals surface area contributed by atoms with Crippen molar-refractivity contribution in [1.82, 2.24) is 10.2 Å². The Labute approximate surface area is 149 Å². The zero-order chi connectivity index (χ0) is 18.2. The van der Waals surface area contributed by atoms with Crippen LogP contribution in [-0.4, -0.2) is 61.0 Å². The predicted molar refractivity (Wildman–Crippen MR) is 91.6 cm³/mol. The zero-order valence-electron chi connectivity index (χ0n) is 13.5. The number of nitrogens with one attached hydrogen (secondary N) is 2. The molecule has 0 unspecified atom stereocenters. The highest BCUT2D eigenvalue weighted by Crippen LogP contribution is 2.26. The van der Waals surface area contributed by atoms with E-state index in [-0.39, 0.29) is 16.4 Å². The minimum absolute atomic E-state index is 0.0179. The Kier molecular flexibility index (Phi) is 7.11. The summed E-state index contributed by atoms with van der Waals surface area (Å²) in [5.41, 5.74) is -0.213. The zero-order valence-corrected chi connectivity index (χ0v) is 14.3. The molecule has 1 fully saturated rings. The lowest BCUT2D eigenvalue weighted by atomic mass is 10.2. The van der Waals surface area contributed by atoms with Crippen LogP contribution in [0.1, 0.15) is 6.42 Å². The van der Waals surface area contributed by atoms with E-state index in [2.05, 4.69) is 15.5 Å². The number of hydrogen-bond donors (Lipinski definition) is 2. The Balaban J connectivity index is 1.77. The number of anilines is 1. The second kappa shape index (κ2) is 9.30. The highest BCUT2D eigenvalue weighted by molar-refractivity contribution is 6.41. The molecule has 1 aromatic carbocycles. The summed E-state index contributed by atoms with van der Waals surface area (Å²) in [5.74, 6) is -1.74. The first-order valence-corrected chi connectivity index (χ1v) is 8.18. The SMILES string of the molecule is O=C(NCCCN1CCOCC1)C(=O)Nc1cc([N+](=O)[O-])ccc1Cl. The van der Waals surface area contributed by atoms with Crippen LogP contribution < -0.4 is 10.6 Å². The topological polar surface area (TPSA) is 114 Å². The third-order valence-corrected chi connectivity index (χ3v) is 3.99. The minimum atomic E-state index is -0.922. The highest BCUT2D eigenvalue weighted by atomic mass is 35.5. The van der Waals surface area contributed by atoms with Gasteiger partial charge in [-0.15, -0.1) is 0 Å². The molecule has 1 saturated heterocycles. The van der Waals surface area contributed by atoms with E-state index in [0.717, 1.165) is 25.7 Å². The van der Waals surface area contributed by atoms with E-state index >= 15 is 0 Å². The second-order valence-corrected chi connectivity index (χ2v) is 5.85. The summed E-state index contributed by atoms with van der Waals surface area (Å²) in [6, 6.07) is 3.60. The second-order valence-electron chi connectivity index (χ2n) is 5.44. The molecule has 25 heavy (non-hydrogen) atoms. The van der Waals surface area contributed by atoms with Crippen molar-refractivity contribution in [3.05, 3.63) is 33.3 Å². The van der Waals surface area contributed by atoms with E-state index in [0.29, 0.717) is 26.2 Å². The van der Waals surface area contributed by atoms with Gasteiger partial charge in [-0.05, 0) is 19.0 Å². The monoisotopic (exact) mass is 370 g/mol. The van der Waals surface area contributed by atoms with E-state index in [4.69, 9.17) is 16.3 Å². The van der Waals surface area contributed by atoms with Crippen molar-refractivity contribution >= 4 is 34.8 Å². The van der Waals surface area contributed by atoms with Crippen molar-refractivity contribution < 1.29 is 19.2 Å². The number of nitro groups is 1. The third kappa shape index (κ3) is 5.96. The van der Waals surface area contributed by atoms with Gasteiger partial charge in [0.15, 0.2) is 0 Å². The van der Waals surface area contributed by atoms with Gasteiger partial charge in [0.2, 0.25) is 0 Å². The lowest BCUT2D eigenvalue weighted by Crippen LogP contribution is -2.39. The molecular formula is C15H19ClN4O5. The maximum atomic E-state index is 11.9. The van der Waals surface area contributed by atoms with Gasteiger partial charge in [-0.1, -0.05) is 11.6 Å². The van der Waals surface area contributed by atoms with Gasteiger partial charge in [0.1, 0.15) is 0 Å². The number of non-ortho nitro benzene ring substituents is 1. The molecule has 136 valence electrons. The number of nitrogens with zero attached hydrogens (tertiary/aromatic N) is 2. The molecule has 10 heteroatoms. The maximum absolute atomic E-state index is 11.9. The van der Waals surface area contributed by atoms with Crippen molar-refractivity contribution in [2.24, 2.45) is 0 Å². The number of hydrogen-bond acceptors (Lipinski definition) is 6. The average Bonchev–Trinajstić information content (AvgIpc) is 2.61. The van der Waals surface area contributed by atoms with Gasteiger partial charge < -0.3 is 15.4 Å². The van der Waals surface area contributed by atoms with Crippen molar-refractivity contribution in [1.29, 1.82) is 0 Å². The molecule has 1 aromatic rings. The van der Waals surface area contributed by atoms with Crippen molar-refractivity contribution in [3.8, 4) is 0 Å². The number of rotatable bonds is 6. The molecule has 0 atom stereocenters. The first-order chi connectivity index (χ1) is 12.0. The van der Waals surface area contributed by atoms with Gasteiger partial charge in [-0.2, -0.15) is 0 Å². The number of nitro benzene ring substituents is 1. The van der Waals surface area contributed by atoms with E-state index in [1.54, 1.807) is 0 Å². The van der Waals surface area contributed by atoms with Crippen LogP contribution in [0, 0.1) is 10.1 Å². The number of carbonyl (C=O) groups excluding carboxylic acids is 2. The normalized spacial score (nSPS) is 14.8. The van der Waals surface area contributed by atoms with E-state index in [1.165, 1.54) is 12.1 Å². The number of halogens is 1. The van der Waals surface area contributed by atoms with E-state index in [1.807, 2.05) is 0 Å². The summed E-state index contributed by atoms with van der Waals surface area (Å²) in [6.07, 6.45) is 0.705. The van der Waals surface area contributed by atoms with Crippen LogP contribution in [0.4, 0.5) is 11.4 Å². The number of morpholine rings is 1. The lowest BCUT2D eigenvalue weighted by Gasteiger charge is -2.26. The molecule has 0 aromatic heterocycles. The summed E-state index contributed by atoms with van der Waals surface area (Å²) in [4.78, 5) is 36.0. The fraction of sp³-hybridized carbons (Fsp3) is 0.467. The summed E-state index contributed by atoms with van der Waals surface area (Å²) in [6.45, 7) is 4.30. The van der Waals surface area contributed by atoms with Gasteiger partial charge >= 0.3 is 11.8 Å². The summed E-state index contributed by atoms with van der Waals surface area (Å²) in [7, 11) is 0. The first kappa shape index (κ1) is 19.1. The molecule has 2 rings (SSSR count). The Morgan fingerprint density at radius 1 is 1.28 bits per heavy atom. The molecule has 0 spiro atoms. The first-order valence-electron chi connectivity index (χ1n) is 7.80. The predicted octanol–water partition coefficient (Wildman–Crippen LogP) is 1.03. The summed E-state index contributed by atoms with van der Waals surface area (Å²) < 4.78 is 5.25. The van der Waals surface area contributed by atoms with E-state index in [9.17, 15) is 19.7 Å².